The summed E-state index contributed by atoms with van der Waals surface area (Å²) in [5.41, 5.74) is 8.65. The number of carbonyl (C=O) groups excluding carboxylic acids is 2. The summed E-state index contributed by atoms with van der Waals surface area (Å²) in [7, 11) is 0. The van der Waals surface area contributed by atoms with Gasteiger partial charge in [-0.3, -0.25) is 9.59 Å². The molecule has 2 aromatic carbocycles. The number of hydrogen-bond donors (Lipinski definition) is 2. The second-order valence-electron chi connectivity index (χ2n) is 5.57. The largest absolute Gasteiger partial charge is 0.426 e. The minimum absolute atomic E-state index is 0.220. The number of nitrogen functional groups attached to an aromatic ring is 1. The fourth-order valence-corrected chi connectivity index (χ4v) is 2.47. The number of esters is 1. The van der Waals surface area contributed by atoms with E-state index in [0.717, 1.165) is 11.1 Å². The Balaban J connectivity index is 1.68. The third kappa shape index (κ3) is 3.92. The highest BCUT2D eigenvalue weighted by Gasteiger charge is 2.18. The number of ether oxygens (including phenoxy) is 1. The standard InChI is InChI=1S/C19H17N3O3/c1-12(23)25-17-5-3-2-4-16(17)19(24)22-18-10-14(11-21-18)13-6-8-15(20)9-7-13/h2-9,11H,10,20H2,1H3,(H,21,22,24). The Labute approximate surface area is 145 Å². The molecule has 0 atom stereocenters. The van der Waals surface area contributed by atoms with Gasteiger partial charge in [0.2, 0.25) is 0 Å². The molecule has 1 amide bonds. The number of para-hydroxylation sites is 1. The molecule has 0 aliphatic carbocycles. The molecule has 0 saturated heterocycles. The number of nitrogens with zero attached hydrogens (tertiary/aromatic N) is 1. The summed E-state index contributed by atoms with van der Waals surface area (Å²) >= 11 is 0. The molecule has 25 heavy (non-hydrogen) atoms. The highest BCUT2D eigenvalue weighted by molar-refractivity contribution is 6.11. The van der Waals surface area contributed by atoms with Gasteiger partial charge in [-0.1, -0.05) is 24.3 Å². The van der Waals surface area contributed by atoms with E-state index in [0.29, 0.717) is 17.9 Å². The number of benzene rings is 2. The third-order valence-corrected chi connectivity index (χ3v) is 3.66. The lowest BCUT2D eigenvalue weighted by atomic mass is 10.0. The van der Waals surface area contributed by atoms with Crippen molar-refractivity contribution >= 4 is 29.0 Å². The molecule has 0 bridgehead atoms. The van der Waals surface area contributed by atoms with Crippen LogP contribution in [0.4, 0.5) is 5.69 Å². The Morgan fingerprint density at radius 2 is 1.84 bits per heavy atom. The van der Waals surface area contributed by atoms with Crippen molar-refractivity contribution in [1.29, 1.82) is 0 Å². The second kappa shape index (κ2) is 7.00. The Morgan fingerprint density at radius 3 is 2.56 bits per heavy atom. The number of anilines is 1. The fraction of sp³-hybridized carbons (Fsp3) is 0.105. The molecule has 126 valence electrons. The number of nitrogens with two attached hydrogens (primary N) is 1. The van der Waals surface area contributed by atoms with Gasteiger partial charge in [-0.25, -0.2) is 4.99 Å². The van der Waals surface area contributed by atoms with Gasteiger partial charge in [0.25, 0.3) is 5.91 Å². The molecule has 1 aliphatic rings. The topological polar surface area (TPSA) is 93.8 Å². The Bertz CT molecular complexity index is 883. The number of amides is 1. The minimum atomic E-state index is -0.481. The molecule has 1 aliphatic heterocycles. The maximum Gasteiger partial charge on any atom is 0.308 e. The number of rotatable bonds is 3. The van der Waals surface area contributed by atoms with Crippen LogP contribution in [-0.2, 0) is 4.79 Å². The molecule has 2 aromatic rings. The molecule has 0 spiro atoms. The van der Waals surface area contributed by atoms with Gasteiger partial charge in [-0.05, 0) is 35.4 Å². The average molecular weight is 335 g/mol. The van der Waals surface area contributed by atoms with Crippen molar-refractivity contribution in [3.8, 4) is 5.75 Å². The van der Waals surface area contributed by atoms with Crippen molar-refractivity contribution in [1.82, 2.24) is 5.32 Å². The van der Waals surface area contributed by atoms with Gasteiger partial charge in [0.05, 0.1) is 5.56 Å². The van der Waals surface area contributed by atoms with E-state index in [4.69, 9.17) is 10.5 Å². The number of hydrogen-bond acceptors (Lipinski definition) is 5. The molecule has 0 saturated carbocycles. The molecule has 0 fully saturated rings. The normalized spacial score (nSPS) is 13.0. The smallest absolute Gasteiger partial charge is 0.308 e. The Morgan fingerprint density at radius 1 is 1.12 bits per heavy atom. The zero-order valence-electron chi connectivity index (χ0n) is 13.7. The Kier molecular flexibility index (Phi) is 4.61. The maximum absolute atomic E-state index is 12.5. The van der Waals surface area contributed by atoms with E-state index in [1.54, 1.807) is 30.5 Å². The first-order valence-corrected chi connectivity index (χ1v) is 7.73. The van der Waals surface area contributed by atoms with Crippen molar-refractivity contribution in [2.45, 2.75) is 13.3 Å². The number of amidine groups is 1. The molecule has 0 aromatic heterocycles. The highest BCUT2D eigenvalue weighted by Crippen LogP contribution is 2.24. The van der Waals surface area contributed by atoms with Crippen LogP contribution in [0.5, 0.6) is 5.75 Å². The molecule has 1 heterocycles. The molecule has 6 nitrogen and oxygen atoms in total. The number of nitrogens with one attached hydrogen (secondary N) is 1. The van der Waals surface area contributed by atoms with Crippen molar-refractivity contribution in [2.24, 2.45) is 4.99 Å². The average Bonchev–Trinajstić information content (AvgIpc) is 3.04. The summed E-state index contributed by atoms with van der Waals surface area (Å²) in [6.07, 6.45) is 2.23. The van der Waals surface area contributed by atoms with E-state index in [1.165, 1.54) is 6.92 Å². The van der Waals surface area contributed by atoms with Crippen LogP contribution >= 0.6 is 0 Å². The fourth-order valence-electron chi connectivity index (χ4n) is 2.47. The van der Waals surface area contributed by atoms with Crippen LogP contribution in [-0.4, -0.2) is 17.7 Å². The summed E-state index contributed by atoms with van der Waals surface area (Å²) in [5, 5.41) is 2.76. The van der Waals surface area contributed by atoms with Crippen molar-refractivity contribution in [3.05, 3.63) is 65.9 Å². The van der Waals surface area contributed by atoms with Gasteiger partial charge in [0, 0.05) is 25.2 Å². The highest BCUT2D eigenvalue weighted by atomic mass is 16.5. The van der Waals surface area contributed by atoms with Crippen molar-refractivity contribution < 1.29 is 14.3 Å². The lowest BCUT2D eigenvalue weighted by Gasteiger charge is -2.10. The monoisotopic (exact) mass is 335 g/mol. The van der Waals surface area contributed by atoms with Crippen LogP contribution < -0.4 is 15.8 Å². The van der Waals surface area contributed by atoms with Crippen molar-refractivity contribution in [3.63, 3.8) is 0 Å². The van der Waals surface area contributed by atoms with Crippen LogP contribution in [0, 0.1) is 0 Å². The molecule has 0 radical (unpaired) electrons. The van der Waals surface area contributed by atoms with E-state index in [9.17, 15) is 9.59 Å². The van der Waals surface area contributed by atoms with Gasteiger partial charge in [0.15, 0.2) is 0 Å². The molecule has 3 N–H and O–H groups in total. The minimum Gasteiger partial charge on any atom is -0.426 e. The van der Waals surface area contributed by atoms with Crippen LogP contribution in [0.15, 0.2) is 59.7 Å². The number of carbonyl (C=O) groups is 2. The van der Waals surface area contributed by atoms with Crippen LogP contribution in [0.1, 0.15) is 29.3 Å². The first-order chi connectivity index (χ1) is 12.0. The van der Waals surface area contributed by atoms with Crippen LogP contribution in [0.2, 0.25) is 0 Å². The van der Waals surface area contributed by atoms with Gasteiger partial charge in [-0.2, -0.15) is 0 Å². The number of aliphatic imine (C=N–C) groups is 1. The van der Waals surface area contributed by atoms with E-state index in [2.05, 4.69) is 10.3 Å². The molecule has 3 rings (SSSR count). The third-order valence-electron chi connectivity index (χ3n) is 3.66. The summed E-state index contributed by atoms with van der Waals surface area (Å²) in [6, 6.07) is 14.0. The van der Waals surface area contributed by atoms with E-state index < -0.39 is 5.97 Å². The van der Waals surface area contributed by atoms with E-state index >= 15 is 0 Å². The predicted molar refractivity (Wildman–Crippen MR) is 96.1 cm³/mol. The predicted octanol–water partition coefficient (Wildman–Crippen LogP) is 2.77. The zero-order chi connectivity index (χ0) is 17.8. The summed E-state index contributed by atoms with van der Waals surface area (Å²) in [6.45, 7) is 1.29. The van der Waals surface area contributed by atoms with Gasteiger partial charge in [-0.15, -0.1) is 0 Å². The molecule has 0 unspecified atom stereocenters. The van der Waals surface area contributed by atoms with Crippen molar-refractivity contribution in [2.75, 3.05) is 5.73 Å². The summed E-state index contributed by atoms with van der Waals surface area (Å²) < 4.78 is 5.07. The van der Waals surface area contributed by atoms with Crippen LogP contribution in [0.25, 0.3) is 5.57 Å². The molecular formula is C19H17N3O3. The molecular weight excluding hydrogens is 318 g/mol. The van der Waals surface area contributed by atoms with Crippen LogP contribution in [0.3, 0.4) is 0 Å². The lowest BCUT2D eigenvalue weighted by molar-refractivity contribution is -0.131. The SMILES string of the molecule is CC(=O)Oc1ccccc1C(=O)NC1=NC=C(c2ccc(N)cc2)C1. The van der Waals surface area contributed by atoms with Gasteiger partial charge >= 0.3 is 5.97 Å². The van der Waals surface area contributed by atoms with E-state index in [1.807, 2.05) is 24.3 Å². The lowest BCUT2D eigenvalue weighted by Crippen LogP contribution is -2.30. The second-order valence-corrected chi connectivity index (χ2v) is 5.57. The van der Waals surface area contributed by atoms with Gasteiger partial charge in [0.1, 0.15) is 11.6 Å². The zero-order valence-corrected chi connectivity index (χ0v) is 13.7. The molecule has 6 heteroatoms. The van der Waals surface area contributed by atoms with Gasteiger partial charge < -0.3 is 15.8 Å². The van der Waals surface area contributed by atoms with E-state index in [-0.39, 0.29) is 17.2 Å². The maximum atomic E-state index is 12.5. The summed E-state index contributed by atoms with van der Waals surface area (Å²) in [5.74, 6) is -0.0967. The quantitative estimate of drug-likeness (QED) is 0.512. The summed E-state index contributed by atoms with van der Waals surface area (Å²) in [4.78, 5) is 27.9. The Hall–Kier alpha value is -3.41. The first kappa shape index (κ1) is 16.4. The first-order valence-electron chi connectivity index (χ1n) is 7.73.